The van der Waals surface area contributed by atoms with E-state index in [1.165, 1.54) is 0 Å². The van der Waals surface area contributed by atoms with Crippen LogP contribution in [0.5, 0.6) is 0 Å². The maximum absolute atomic E-state index is 12.1. The van der Waals surface area contributed by atoms with Crippen molar-refractivity contribution in [2.24, 2.45) is 0 Å². The molecule has 0 aliphatic rings. The van der Waals surface area contributed by atoms with Crippen molar-refractivity contribution in [3.8, 4) is 0 Å². The van der Waals surface area contributed by atoms with Crippen molar-refractivity contribution in [3.05, 3.63) is 59.7 Å². The molecule has 7 heteroatoms. The Hall–Kier alpha value is -3.35. The first-order chi connectivity index (χ1) is 13.0. The minimum Gasteiger partial charge on any atom is -0.376 e. The molecule has 142 valence electrons. The minimum atomic E-state index is -0.214. The molecule has 4 N–H and O–H groups in total. The van der Waals surface area contributed by atoms with Crippen LogP contribution in [0.2, 0.25) is 0 Å². The zero-order valence-corrected chi connectivity index (χ0v) is 15.5. The molecule has 0 radical (unpaired) electrons. The maximum Gasteiger partial charge on any atom is 0.251 e. The second-order valence-electron chi connectivity index (χ2n) is 5.78. The normalized spacial score (nSPS) is 10.0. The van der Waals surface area contributed by atoms with Gasteiger partial charge in [0.05, 0.1) is 6.54 Å². The van der Waals surface area contributed by atoms with Crippen molar-refractivity contribution < 1.29 is 14.4 Å². The van der Waals surface area contributed by atoms with Gasteiger partial charge in [0.1, 0.15) is 0 Å². The zero-order chi connectivity index (χ0) is 19.6. The molecule has 0 saturated carbocycles. The summed E-state index contributed by atoms with van der Waals surface area (Å²) in [4.78, 5) is 35.5. The lowest BCUT2D eigenvalue weighted by Gasteiger charge is -2.09. The molecule has 0 heterocycles. The summed E-state index contributed by atoms with van der Waals surface area (Å²) < 4.78 is 0. The second kappa shape index (κ2) is 9.96. The van der Waals surface area contributed by atoms with Crippen LogP contribution in [-0.2, 0) is 4.79 Å². The van der Waals surface area contributed by atoms with Crippen LogP contribution in [0.3, 0.4) is 0 Å². The van der Waals surface area contributed by atoms with Gasteiger partial charge in [-0.3, -0.25) is 14.4 Å². The number of nitrogens with one attached hydrogen (secondary N) is 4. The zero-order valence-electron chi connectivity index (χ0n) is 15.5. The van der Waals surface area contributed by atoms with Crippen LogP contribution in [-0.4, -0.2) is 37.4 Å². The molecule has 27 heavy (non-hydrogen) atoms. The molecule has 0 unspecified atom stereocenters. The third-order valence-corrected chi connectivity index (χ3v) is 3.71. The van der Waals surface area contributed by atoms with Gasteiger partial charge in [-0.1, -0.05) is 0 Å². The van der Waals surface area contributed by atoms with E-state index in [9.17, 15) is 14.4 Å². The molecule has 0 fully saturated rings. The summed E-state index contributed by atoms with van der Waals surface area (Å²) in [6.45, 7) is 4.93. The third kappa shape index (κ3) is 6.14. The van der Waals surface area contributed by atoms with Crippen LogP contribution >= 0.6 is 0 Å². The van der Waals surface area contributed by atoms with E-state index in [0.717, 1.165) is 5.69 Å². The molecule has 0 atom stereocenters. The Morgan fingerprint density at radius 3 is 1.59 bits per heavy atom. The van der Waals surface area contributed by atoms with Crippen LogP contribution in [0.15, 0.2) is 48.5 Å². The SMILES string of the molecule is CCNC(=O)c1ccc(NCC(=O)Nc2ccc(C(=O)NCC)cc2)cc1. The Balaban J connectivity index is 1.83. The van der Waals surface area contributed by atoms with Crippen LogP contribution < -0.4 is 21.3 Å². The Morgan fingerprint density at radius 1 is 0.704 bits per heavy atom. The summed E-state index contributed by atoms with van der Waals surface area (Å²) in [7, 11) is 0. The lowest BCUT2D eigenvalue weighted by Crippen LogP contribution is -2.23. The number of hydrogen-bond acceptors (Lipinski definition) is 4. The van der Waals surface area contributed by atoms with Crippen molar-refractivity contribution in [2.45, 2.75) is 13.8 Å². The summed E-state index contributed by atoms with van der Waals surface area (Å²) in [5.74, 6) is -0.487. The van der Waals surface area contributed by atoms with E-state index < -0.39 is 0 Å². The molecule has 2 rings (SSSR count). The number of rotatable bonds is 8. The Kier molecular flexibility index (Phi) is 7.37. The van der Waals surface area contributed by atoms with Gasteiger partial charge in [0, 0.05) is 35.6 Å². The van der Waals surface area contributed by atoms with Gasteiger partial charge in [0.15, 0.2) is 0 Å². The number of hydrogen-bond donors (Lipinski definition) is 4. The van der Waals surface area contributed by atoms with Crippen LogP contribution in [0.25, 0.3) is 0 Å². The first-order valence-corrected chi connectivity index (χ1v) is 8.83. The molecule has 2 aromatic rings. The van der Waals surface area contributed by atoms with Gasteiger partial charge in [-0.05, 0) is 62.4 Å². The largest absolute Gasteiger partial charge is 0.376 e. The van der Waals surface area contributed by atoms with Crippen molar-refractivity contribution in [3.63, 3.8) is 0 Å². The van der Waals surface area contributed by atoms with E-state index in [0.29, 0.717) is 29.9 Å². The number of benzene rings is 2. The van der Waals surface area contributed by atoms with E-state index in [2.05, 4.69) is 21.3 Å². The number of amides is 3. The van der Waals surface area contributed by atoms with Crippen LogP contribution in [0.1, 0.15) is 34.6 Å². The highest BCUT2D eigenvalue weighted by molar-refractivity contribution is 5.97. The lowest BCUT2D eigenvalue weighted by molar-refractivity contribution is -0.114. The minimum absolute atomic E-state index is 0.0819. The van der Waals surface area contributed by atoms with Crippen LogP contribution in [0, 0.1) is 0 Å². The topological polar surface area (TPSA) is 99.3 Å². The number of carbonyl (C=O) groups is 3. The highest BCUT2D eigenvalue weighted by Crippen LogP contribution is 2.11. The Morgan fingerprint density at radius 2 is 1.15 bits per heavy atom. The molecule has 0 bridgehead atoms. The summed E-state index contributed by atoms with van der Waals surface area (Å²) >= 11 is 0. The average Bonchev–Trinajstić information content (AvgIpc) is 2.68. The Bertz CT molecular complexity index is 786. The van der Waals surface area contributed by atoms with Gasteiger partial charge in [0.2, 0.25) is 5.91 Å². The molecular formula is C20H24N4O3. The fourth-order valence-electron chi connectivity index (χ4n) is 2.36. The van der Waals surface area contributed by atoms with Gasteiger partial charge in [-0.2, -0.15) is 0 Å². The van der Waals surface area contributed by atoms with Crippen molar-refractivity contribution in [2.75, 3.05) is 30.3 Å². The monoisotopic (exact) mass is 368 g/mol. The predicted molar refractivity (Wildman–Crippen MR) is 106 cm³/mol. The molecule has 0 aliphatic heterocycles. The molecule has 0 saturated heterocycles. The van der Waals surface area contributed by atoms with Crippen molar-refractivity contribution in [1.29, 1.82) is 0 Å². The highest BCUT2D eigenvalue weighted by atomic mass is 16.2. The molecule has 0 aliphatic carbocycles. The standard InChI is InChI=1S/C20H24N4O3/c1-3-21-19(26)14-5-9-16(10-6-14)23-13-18(25)24-17-11-7-15(8-12-17)20(27)22-4-2/h5-12,23H,3-4,13H2,1-2H3,(H,21,26)(H,22,27)(H,24,25). The molecule has 7 nitrogen and oxygen atoms in total. The van der Waals surface area contributed by atoms with E-state index in [-0.39, 0.29) is 24.3 Å². The van der Waals surface area contributed by atoms with E-state index >= 15 is 0 Å². The first kappa shape index (κ1) is 20.0. The van der Waals surface area contributed by atoms with E-state index in [1.54, 1.807) is 48.5 Å². The van der Waals surface area contributed by atoms with Gasteiger partial charge in [-0.15, -0.1) is 0 Å². The average molecular weight is 368 g/mol. The fourth-order valence-corrected chi connectivity index (χ4v) is 2.36. The van der Waals surface area contributed by atoms with E-state index in [1.807, 2.05) is 13.8 Å². The quantitative estimate of drug-likeness (QED) is 0.574. The molecule has 0 spiro atoms. The number of carbonyl (C=O) groups excluding carboxylic acids is 3. The lowest BCUT2D eigenvalue weighted by atomic mass is 10.2. The Labute approximate surface area is 158 Å². The predicted octanol–water partition coefficient (Wildman–Crippen LogP) is 2.24. The summed E-state index contributed by atoms with van der Waals surface area (Å²) in [5, 5.41) is 11.2. The van der Waals surface area contributed by atoms with E-state index in [4.69, 9.17) is 0 Å². The fraction of sp³-hybridized carbons (Fsp3) is 0.250. The molecule has 0 aromatic heterocycles. The third-order valence-electron chi connectivity index (χ3n) is 3.71. The molecular weight excluding hydrogens is 344 g/mol. The summed E-state index contributed by atoms with van der Waals surface area (Å²) in [5.41, 5.74) is 2.46. The summed E-state index contributed by atoms with van der Waals surface area (Å²) in [6.07, 6.45) is 0. The summed E-state index contributed by atoms with van der Waals surface area (Å²) in [6, 6.07) is 13.6. The second-order valence-corrected chi connectivity index (χ2v) is 5.78. The van der Waals surface area contributed by atoms with Gasteiger partial charge < -0.3 is 21.3 Å². The molecule has 3 amide bonds. The maximum atomic E-state index is 12.1. The van der Waals surface area contributed by atoms with Crippen molar-refractivity contribution >= 4 is 29.1 Å². The highest BCUT2D eigenvalue weighted by Gasteiger charge is 2.07. The van der Waals surface area contributed by atoms with Gasteiger partial charge >= 0.3 is 0 Å². The molecule has 2 aromatic carbocycles. The van der Waals surface area contributed by atoms with Gasteiger partial charge in [0.25, 0.3) is 11.8 Å². The van der Waals surface area contributed by atoms with Crippen molar-refractivity contribution in [1.82, 2.24) is 10.6 Å². The first-order valence-electron chi connectivity index (χ1n) is 8.83. The number of anilines is 2. The smallest absolute Gasteiger partial charge is 0.251 e. The van der Waals surface area contributed by atoms with Gasteiger partial charge in [-0.25, -0.2) is 0 Å². The van der Waals surface area contributed by atoms with Crippen LogP contribution in [0.4, 0.5) is 11.4 Å².